The minimum Gasteiger partial charge on any atom is -0.336 e. The topological polar surface area (TPSA) is 58.2 Å². The fourth-order valence-electron chi connectivity index (χ4n) is 1.73. The lowest BCUT2D eigenvalue weighted by molar-refractivity contribution is -0.124. The first-order valence-corrected chi connectivity index (χ1v) is 7.18. The molecule has 0 aliphatic carbocycles. The molecule has 0 aromatic rings. The van der Waals surface area contributed by atoms with Crippen LogP contribution in [0.25, 0.3) is 0 Å². The van der Waals surface area contributed by atoms with Crippen LogP contribution in [0.2, 0.25) is 0 Å². The highest BCUT2D eigenvalue weighted by Gasteiger charge is 2.09. The molecule has 106 valence electrons. The average molecular weight is 256 g/mol. The molecule has 0 atom stereocenters. The molecular formula is C14H28N2O2. The van der Waals surface area contributed by atoms with Gasteiger partial charge < -0.3 is 10.6 Å². The van der Waals surface area contributed by atoms with Crippen LogP contribution in [0.3, 0.4) is 0 Å². The molecule has 0 heterocycles. The Morgan fingerprint density at radius 2 is 1.22 bits per heavy atom. The lowest BCUT2D eigenvalue weighted by Gasteiger charge is -2.15. The molecule has 0 saturated carbocycles. The summed E-state index contributed by atoms with van der Waals surface area (Å²) in [5, 5.41) is 5.58. The zero-order valence-corrected chi connectivity index (χ0v) is 12.1. The highest BCUT2D eigenvalue weighted by molar-refractivity contribution is 5.79. The predicted molar refractivity (Wildman–Crippen MR) is 74.0 cm³/mol. The van der Waals surface area contributed by atoms with E-state index in [-0.39, 0.29) is 18.0 Å². The summed E-state index contributed by atoms with van der Waals surface area (Å²) in [5.74, 6) is 0.0367. The van der Waals surface area contributed by atoms with Gasteiger partial charge in [0.15, 0.2) is 0 Å². The summed E-state index contributed by atoms with van der Waals surface area (Å²) in [7, 11) is 0. The van der Waals surface area contributed by atoms with Gasteiger partial charge in [-0.25, -0.2) is 0 Å². The summed E-state index contributed by atoms with van der Waals surface area (Å²) in [4.78, 5) is 23.0. The van der Waals surface area contributed by atoms with Crippen molar-refractivity contribution in [1.82, 2.24) is 10.6 Å². The molecule has 0 aliphatic rings. The van der Waals surface area contributed by atoms with Gasteiger partial charge in [0, 0.05) is 12.8 Å². The molecular weight excluding hydrogens is 228 g/mol. The summed E-state index contributed by atoms with van der Waals surface area (Å²) in [6, 6.07) is 0. The molecule has 0 radical (unpaired) electrons. The van der Waals surface area contributed by atoms with Gasteiger partial charge in [0.1, 0.15) is 0 Å². The van der Waals surface area contributed by atoms with E-state index in [0.29, 0.717) is 12.8 Å². The Morgan fingerprint density at radius 3 is 1.56 bits per heavy atom. The maximum atomic E-state index is 11.5. The summed E-state index contributed by atoms with van der Waals surface area (Å²) in [6.07, 6.45) is 7.02. The number of carbonyl (C=O) groups excluding carboxylic acids is 2. The summed E-state index contributed by atoms with van der Waals surface area (Å²) >= 11 is 0. The van der Waals surface area contributed by atoms with E-state index in [2.05, 4.69) is 24.5 Å². The summed E-state index contributed by atoms with van der Waals surface area (Å²) in [6.45, 7) is 6.02. The monoisotopic (exact) mass is 256 g/mol. The molecule has 0 saturated heterocycles. The zero-order chi connectivity index (χ0) is 13.8. The van der Waals surface area contributed by atoms with Gasteiger partial charge in [0.05, 0.1) is 6.17 Å². The first kappa shape index (κ1) is 16.9. The van der Waals surface area contributed by atoms with Crippen molar-refractivity contribution >= 4 is 11.8 Å². The molecule has 2 amide bonds. The van der Waals surface area contributed by atoms with Gasteiger partial charge >= 0.3 is 0 Å². The number of hydrogen-bond acceptors (Lipinski definition) is 2. The predicted octanol–water partition coefficient (Wildman–Crippen LogP) is 2.73. The number of amides is 2. The number of carbonyl (C=O) groups is 2. The fraction of sp³-hybridized carbons (Fsp3) is 0.857. The van der Waals surface area contributed by atoms with Gasteiger partial charge in [-0.3, -0.25) is 9.59 Å². The van der Waals surface area contributed by atoms with Crippen LogP contribution < -0.4 is 10.6 Å². The molecule has 0 aliphatic heterocycles. The third kappa shape index (κ3) is 10.1. The third-order valence-corrected chi connectivity index (χ3v) is 2.77. The molecule has 0 rings (SSSR count). The molecule has 0 aromatic carbocycles. The van der Waals surface area contributed by atoms with Gasteiger partial charge in [-0.2, -0.15) is 0 Å². The van der Waals surface area contributed by atoms with Crippen molar-refractivity contribution in [3.05, 3.63) is 0 Å². The van der Waals surface area contributed by atoms with E-state index in [4.69, 9.17) is 0 Å². The molecule has 18 heavy (non-hydrogen) atoms. The second-order valence-corrected chi connectivity index (χ2v) is 4.77. The molecule has 0 spiro atoms. The Morgan fingerprint density at radius 1 is 0.833 bits per heavy atom. The van der Waals surface area contributed by atoms with Crippen LogP contribution in [0.1, 0.15) is 72.1 Å². The molecule has 2 N–H and O–H groups in total. The van der Waals surface area contributed by atoms with E-state index in [1.54, 1.807) is 6.92 Å². The van der Waals surface area contributed by atoms with E-state index in [1.807, 2.05) is 0 Å². The van der Waals surface area contributed by atoms with Crippen LogP contribution in [0.4, 0.5) is 0 Å². The fourth-order valence-corrected chi connectivity index (χ4v) is 1.73. The first-order valence-electron chi connectivity index (χ1n) is 7.18. The molecule has 4 nitrogen and oxygen atoms in total. The Labute approximate surface area is 111 Å². The van der Waals surface area contributed by atoms with Gasteiger partial charge in [0.2, 0.25) is 11.8 Å². The number of rotatable bonds is 10. The van der Waals surface area contributed by atoms with Crippen LogP contribution in [-0.4, -0.2) is 18.0 Å². The SMILES string of the molecule is CCCCCC(=O)NC(C)NC(=O)CCCCC. The second-order valence-electron chi connectivity index (χ2n) is 4.77. The third-order valence-electron chi connectivity index (χ3n) is 2.77. The molecule has 0 fully saturated rings. The van der Waals surface area contributed by atoms with Gasteiger partial charge in [-0.15, -0.1) is 0 Å². The van der Waals surface area contributed by atoms with Crippen LogP contribution in [0.15, 0.2) is 0 Å². The van der Waals surface area contributed by atoms with Gasteiger partial charge in [-0.05, 0) is 19.8 Å². The highest BCUT2D eigenvalue weighted by Crippen LogP contribution is 2.00. The standard InChI is InChI=1S/C14H28N2O2/c1-4-6-8-10-13(17)15-12(3)16-14(18)11-9-7-5-2/h12H,4-11H2,1-3H3,(H,15,17)(H,16,18). The van der Waals surface area contributed by atoms with E-state index in [0.717, 1.165) is 38.5 Å². The maximum absolute atomic E-state index is 11.5. The Balaban J connectivity index is 3.64. The van der Waals surface area contributed by atoms with Crippen molar-refractivity contribution in [3.63, 3.8) is 0 Å². The van der Waals surface area contributed by atoms with E-state index >= 15 is 0 Å². The smallest absolute Gasteiger partial charge is 0.221 e. The van der Waals surface area contributed by atoms with Crippen LogP contribution in [-0.2, 0) is 9.59 Å². The van der Waals surface area contributed by atoms with Crippen molar-refractivity contribution in [2.24, 2.45) is 0 Å². The molecule has 0 bridgehead atoms. The van der Waals surface area contributed by atoms with Crippen molar-refractivity contribution in [1.29, 1.82) is 0 Å². The normalized spacial score (nSPS) is 10.4. The van der Waals surface area contributed by atoms with Crippen LogP contribution in [0.5, 0.6) is 0 Å². The van der Waals surface area contributed by atoms with Crippen molar-refractivity contribution in [3.8, 4) is 0 Å². The molecule has 0 unspecified atom stereocenters. The first-order chi connectivity index (χ1) is 8.60. The summed E-state index contributed by atoms with van der Waals surface area (Å²) < 4.78 is 0. The number of hydrogen-bond donors (Lipinski definition) is 2. The van der Waals surface area contributed by atoms with E-state index in [9.17, 15) is 9.59 Å². The van der Waals surface area contributed by atoms with Crippen molar-refractivity contribution in [2.75, 3.05) is 0 Å². The van der Waals surface area contributed by atoms with E-state index in [1.165, 1.54) is 0 Å². The minimum absolute atomic E-state index is 0.0183. The Kier molecular flexibility index (Phi) is 10.4. The Bertz CT molecular complexity index is 218. The lowest BCUT2D eigenvalue weighted by atomic mass is 10.2. The maximum Gasteiger partial charge on any atom is 0.221 e. The van der Waals surface area contributed by atoms with E-state index < -0.39 is 0 Å². The summed E-state index contributed by atoms with van der Waals surface area (Å²) in [5.41, 5.74) is 0. The van der Waals surface area contributed by atoms with Gasteiger partial charge in [-0.1, -0.05) is 39.5 Å². The van der Waals surface area contributed by atoms with Crippen molar-refractivity contribution < 1.29 is 9.59 Å². The Hall–Kier alpha value is -1.06. The zero-order valence-electron chi connectivity index (χ0n) is 12.1. The quantitative estimate of drug-likeness (QED) is 0.466. The number of nitrogens with one attached hydrogen (secondary N) is 2. The molecule has 0 aromatic heterocycles. The van der Waals surface area contributed by atoms with Crippen LogP contribution >= 0.6 is 0 Å². The molecule has 4 heteroatoms. The lowest BCUT2D eigenvalue weighted by Crippen LogP contribution is -2.45. The van der Waals surface area contributed by atoms with Gasteiger partial charge in [0.25, 0.3) is 0 Å². The minimum atomic E-state index is -0.270. The highest BCUT2D eigenvalue weighted by atomic mass is 16.2. The van der Waals surface area contributed by atoms with Crippen LogP contribution in [0, 0.1) is 0 Å². The largest absolute Gasteiger partial charge is 0.336 e. The second kappa shape index (κ2) is 11.1. The van der Waals surface area contributed by atoms with Crippen molar-refractivity contribution in [2.45, 2.75) is 78.3 Å². The number of unbranched alkanes of at least 4 members (excludes halogenated alkanes) is 4. The average Bonchev–Trinajstić information content (AvgIpc) is 2.29.